The number of ether oxygens (including phenoxy) is 3. The highest BCUT2D eigenvalue weighted by atomic mass is 19.2. The van der Waals surface area contributed by atoms with Crippen LogP contribution in [0.1, 0.15) is 53.3 Å². The molecule has 2 aliphatic rings. The molecule has 2 aliphatic heterocycles. The topological polar surface area (TPSA) is 136 Å². The molecule has 0 spiro atoms. The molecule has 4 heterocycles. The summed E-state index contributed by atoms with van der Waals surface area (Å²) in [5.41, 5.74) is 0.337. The van der Waals surface area contributed by atoms with Gasteiger partial charge in [0.2, 0.25) is 5.88 Å². The molecule has 6 rings (SSSR count). The Morgan fingerprint density at radius 2 is 1.87 bits per heavy atom. The summed E-state index contributed by atoms with van der Waals surface area (Å²) in [6.07, 6.45) is 4.55. The predicted octanol–water partition coefficient (Wildman–Crippen LogP) is 4.61. The van der Waals surface area contributed by atoms with Crippen molar-refractivity contribution in [1.82, 2.24) is 24.4 Å². The summed E-state index contributed by atoms with van der Waals surface area (Å²) in [7, 11) is 0. The van der Waals surface area contributed by atoms with E-state index in [4.69, 9.17) is 14.2 Å². The van der Waals surface area contributed by atoms with Gasteiger partial charge in [-0.05, 0) is 43.9 Å². The molecule has 14 heteroatoms. The largest absolute Gasteiger partial charge is 0.484 e. The minimum Gasteiger partial charge on any atom is -0.484 e. The summed E-state index contributed by atoms with van der Waals surface area (Å²) in [5, 5.41) is 18.6. The first-order valence-corrected chi connectivity index (χ1v) is 14.5. The highest BCUT2D eigenvalue weighted by molar-refractivity contribution is 5.92. The summed E-state index contributed by atoms with van der Waals surface area (Å²) < 4.78 is 61.0. The van der Waals surface area contributed by atoms with Crippen LogP contribution in [0.3, 0.4) is 0 Å². The van der Waals surface area contributed by atoms with Crippen molar-refractivity contribution in [2.24, 2.45) is 0 Å². The molecule has 0 amide bonds. The third-order valence-electron chi connectivity index (χ3n) is 7.97. The number of halogens is 3. The lowest BCUT2D eigenvalue weighted by Gasteiger charge is -2.32. The van der Waals surface area contributed by atoms with Crippen molar-refractivity contribution < 1.29 is 37.3 Å². The second-order valence-electron chi connectivity index (χ2n) is 10.9. The molecule has 0 saturated carbocycles. The maximum absolute atomic E-state index is 14.9. The Bertz CT molecular complexity index is 1760. The van der Waals surface area contributed by atoms with Gasteiger partial charge in [-0.1, -0.05) is 0 Å². The Balaban J connectivity index is 1.08. The standard InChI is InChI=1S/C31H29F3N6O5/c32-22-12-19(15-35)26(14-23(22)33)44-17-27-36-6-1-29(37-27)45-21-2-7-39(8-3-21)16-28-38-30-24(34)11-18(31(41)42)13-25(30)40(28)9-4-20-5-10-43-20/h1,6,11-14,20-21H,2-5,7-10,16-17H2,(H,41,42). The van der Waals surface area contributed by atoms with Crippen LogP contribution in [0.5, 0.6) is 11.6 Å². The van der Waals surface area contributed by atoms with Gasteiger partial charge >= 0.3 is 5.97 Å². The van der Waals surface area contributed by atoms with Crippen molar-refractivity contribution in [3.8, 4) is 17.7 Å². The summed E-state index contributed by atoms with van der Waals surface area (Å²) in [5.74, 6) is -3.03. The molecule has 2 aromatic carbocycles. The van der Waals surface area contributed by atoms with Crippen LogP contribution in [-0.2, 0) is 24.4 Å². The second-order valence-corrected chi connectivity index (χ2v) is 10.9. The van der Waals surface area contributed by atoms with Crippen molar-refractivity contribution in [3.05, 3.63) is 76.8 Å². The molecule has 1 unspecified atom stereocenters. The molecule has 0 radical (unpaired) electrons. The zero-order chi connectivity index (χ0) is 31.5. The average molecular weight is 623 g/mol. The summed E-state index contributed by atoms with van der Waals surface area (Å²) in [6, 6.07) is 7.43. The predicted molar refractivity (Wildman–Crippen MR) is 152 cm³/mol. The number of carbonyl (C=O) groups is 1. The van der Waals surface area contributed by atoms with Crippen molar-refractivity contribution >= 4 is 17.0 Å². The van der Waals surface area contributed by atoms with Crippen LogP contribution in [0.15, 0.2) is 36.5 Å². The van der Waals surface area contributed by atoms with Gasteiger partial charge in [0.05, 0.1) is 29.3 Å². The van der Waals surface area contributed by atoms with Gasteiger partial charge in [0.1, 0.15) is 35.9 Å². The maximum Gasteiger partial charge on any atom is 0.335 e. The SMILES string of the molecule is N#Cc1cc(F)c(F)cc1OCc1nccc(OC2CCN(Cc3nc4c(F)cc(C(=O)O)cc4n3CCC3CCO3)CC2)n1. The van der Waals surface area contributed by atoms with Crippen molar-refractivity contribution in [2.45, 2.75) is 57.6 Å². The normalized spacial score (nSPS) is 17.2. The number of carboxylic acids is 1. The number of piperidine rings is 1. The fraction of sp³-hybridized carbons (Fsp3) is 0.387. The Morgan fingerprint density at radius 3 is 2.58 bits per heavy atom. The molecule has 11 nitrogen and oxygen atoms in total. The van der Waals surface area contributed by atoms with E-state index in [2.05, 4.69) is 19.9 Å². The van der Waals surface area contributed by atoms with Gasteiger partial charge in [-0.25, -0.2) is 27.9 Å². The Morgan fingerprint density at radius 1 is 1.09 bits per heavy atom. The third kappa shape index (κ3) is 6.84. The first-order chi connectivity index (χ1) is 21.8. The van der Waals surface area contributed by atoms with Crippen LogP contribution in [0.25, 0.3) is 11.0 Å². The minimum absolute atomic E-state index is 0.117. The number of benzene rings is 2. The van der Waals surface area contributed by atoms with Crippen LogP contribution >= 0.6 is 0 Å². The van der Waals surface area contributed by atoms with Crippen LogP contribution in [0.2, 0.25) is 0 Å². The number of nitrogens with zero attached hydrogens (tertiary/aromatic N) is 6. The number of aromatic carboxylic acids is 1. The maximum atomic E-state index is 14.9. The van der Waals surface area contributed by atoms with Crippen molar-refractivity contribution in [3.63, 3.8) is 0 Å². The Labute approximate surface area is 255 Å². The molecule has 1 N–H and O–H groups in total. The molecule has 4 aromatic rings. The summed E-state index contributed by atoms with van der Waals surface area (Å²) >= 11 is 0. The molecule has 0 aliphatic carbocycles. The molecular weight excluding hydrogens is 593 g/mol. The second kappa shape index (κ2) is 13.1. The first-order valence-electron chi connectivity index (χ1n) is 14.5. The number of imidazole rings is 1. The summed E-state index contributed by atoms with van der Waals surface area (Å²) in [4.78, 5) is 26.8. The van der Waals surface area contributed by atoms with Crippen LogP contribution in [0.4, 0.5) is 13.2 Å². The number of hydrogen-bond acceptors (Lipinski definition) is 9. The van der Waals surface area contributed by atoms with Gasteiger partial charge in [0.15, 0.2) is 23.3 Å². The highest BCUT2D eigenvalue weighted by Crippen LogP contribution is 2.27. The first kappa shape index (κ1) is 30.3. The van der Waals surface area contributed by atoms with Gasteiger partial charge in [-0.3, -0.25) is 4.90 Å². The lowest BCUT2D eigenvalue weighted by molar-refractivity contribution is -0.0564. The molecule has 0 bridgehead atoms. The fourth-order valence-electron chi connectivity index (χ4n) is 5.46. The third-order valence-corrected chi connectivity index (χ3v) is 7.97. The quantitative estimate of drug-likeness (QED) is 0.253. The van der Waals surface area contributed by atoms with Crippen molar-refractivity contribution in [2.75, 3.05) is 19.7 Å². The van der Waals surface area contributed by atoms with Crippen molar-refractivity contribution in [1.29, 1.82) is 5.26 Å². The van der Waals surface area contributed by atoms with E-state index in [0.29, 0.717) is 56.2 Å². The molecule has 2 aromatic heterocycles. The number of nitriles is 1. The molecular formula is C31H29F3N6O5. The monoisotopic (exact) mass is 622 g/mol. The van der Waals surface area contributed by atoms with E-state index in [1.165, 1.54) is 12.3 Å². The fourth-order valence-corrected chi connectivity index (χ4v) is 5.46. The van der Waals surface area contributed by atoms with E-state index < -0.39 is 23.4 Å². The van der Waals surface area contributed by atoms with Crippen LogP contribution < -0.4 is 9.47 Å². The average Bonchev–Trinajstić information content (AvgIpc) is 3.35. The lowest BCUT2D eigenvalue weighted by Crippen LogP contribution is -2.38. The Kier molecular flexibility index (Phi) is 8.81. The molecule has 2 fully saturated rings. The number of fused-ring (bicyclic) bond motifs is 1. The zero-order valence-electron chi connectivity index (χ0n) is 24.1. The van der Waals surface area contributed by atoms with E-state index in [1.54, 1.807) is 12.1 Å². The molecule has 45 heavy (non-hydrogen) atoms. The van der Waals surface area contributed by atoms with Gasteiger partial charge in [-0.2, -0.15) is 10.2 Å². The molecule has 234 valence electrons. The number of aromatic nitrogens is 4. The smallest absolute Gasteiger partial charge is 0.335 e. The zero-order valence-corrected chi connectivity index (χ0v) is 24.1. The van der Waals surface area contributed by atoms with E-state index in [0.717, 1.165) is 37.6 Å². The van der Waals surface area contributed by atoms with Crippen LogP contribution in [0, 0.1) is 28.8 Å². The summed E-state index contributed by atoms with van der Waals surface area (Å²) in [6.45, 7) is 2.89. The van der Waals surface area contributed by atoms with Gasteiger partial charge in [-0.15, -0.1) is 0 Å². The number of carboxylic acid groups (broad SMARTS) is 1. The van der Waals surface area contributed by atoms with E-state index in [1.807, 2.05) is 4.57 Å². The number of likely N-dealkylation sites (tertiary alicyclic amines) is 1. The number of hydrogen-bond donors (Lipinski definition) is 1. The number of rotatable bonds is 11. The van der Waals surface area contributed by atoms with Gasteiger partial charge in [0.25, 0.3) is 0 Å². The molecule has 1 atom stereocenters. The lowest BCUT2D eigenvalue weighted by atomic mass is 10.1. The van der Waals surface area contributed by atoms with E-state index in [9.17, 15) is 28.3 Å². The highest BCUT2D eigenvalue weighted by Gasteiger charge is 2.26. The Hall–Kier alpha value is -4.74. The number of aryl methyl sites for hydroxylation is 1. The van der Waals surface area contributed by atoms with E-state index >= 15 is 0 Å². The minimum atomic E-state index is -1.20. The van der Waals surface area contributed by atoms with Gasteiger partial charge in [0, 0.05) is 44.6 Å². The van der Waals surface area contributed by atoms with Crippen LogP contribution in [-0.4, -0.2) is 67.4 Å². The molecule has 2 saturated heterocycles. The van der Waals surface area contributed by atoms with Gasteiger partial charge < -0.3 is 23.9 Å². The van der Waals surface area contributed by atoms with E-state index in [-0.39, 0.29) is 47.0 Å².